The smallest absolute Gasteiger partial charge is 0.306 e. The molecule has 0 saturated carbocycles. The fraction of sp³-hybridized carbons (Fsp3) is 0.567. The summed E-state index contributed by atoms with van der Waals surface area (Å²) in [5, 5.41) is 0. The number of ether oxygens (including phenoxy) is 3. The van der Waals surface area contributed by atoms with E-state index < -0.39 is 6.10 Å². The van der Waals surface area contributed by atoms with Gasteiger partial charge in [-0.2, -0.15) is 0 Å². The van der Waals surface area contributed by atoms with Gasteiger partial charge in [-0.3, -0.25) is 14.4 Å². The summed E-state index contributed by atoms with van der Waals surface area (Å²) in [5.41, 5.74) is 0. The van der Waals surface area contributed by atoms with E-state index in [0.29, 0.717) is 12.8 Å². The number of rotatable bonds is 50. The van der Waals surface area contributed by atoms with Gasteiger partial charge in [0.15, 0.2) is 6.10 Å². The van der Waals surface area contributed by atoms with E-state index in [4.69, 9.17) is 14.2 Å². The van der Waals surface area contributed by atoms with Crippen molar-refractivity contribution >= 4 is 17.9 Å². The van der Waals surface area contributed by atoms with Crippen LogP contribution in [0.1, 0.15) is 226 Å². The van der Waals surface area contributed by atoms with E-state index >= 15 is 0 Å². The molecule has 73 heavy (non-hydrogen) atoms. The van der Waals surface area contributed by atoms with Crippen molar-refractivity contribution in [2.24, 2.45) is 0 Å². The van der Waals surface area contributed by atoms with Gasteiger partial charge in [0.05, 0.1) is 0 Å². The second-order valence-corrected chi connectivity index (χ2v) is 18.4. The minimum atomic E-state index is -0.818. The molecule has 0 N–H and O–H groups in total. The molecule has 0 heterocycles. The summed E-state index contributed by atoms with van der Waals surface area (Å²) >= 11 is 0. The van der Waals surface area contributed by atoms with Crippen LogP contribution in [-0.2, 0) is 28.6 Å². The van der Waals surface area contributed by atoms with E-state index in [1.54, 1.807) is 0 Å². The molecular formula is C67H104O6. The number of carbonyl (C=O) groups is 3. The van der Waals surface area contributed by atoms with Crippen LogP contribution in [0.15, 0.2) is 158 Å². The lowest BCUT2D eigenvalue weighted by atomic mass is 10.1. The lowest BCUT2D eigenvalue weighted by Crippen LogP contribution is -2.30. The van der Waals surface area contributed by atoms with E-state index in [1.165, 1.54) is 12.8 Å². The first kappa shape index (κ1) is 68.0. The van der Waals surface area contributed by atoms with Gasteiger partial charge >= 0.3 is 17.9 Å². The number of allylic oxidation sites excluding steroid dienone is 26. The van der Waals surface area contributed by atoms with Gasteiger partial charge in [-0.1, -0.05) is 224 Å². The number of carbonyl (C=O) groups excluding carboxylic acids is 3. The molecule has 0 aromatic rings. The maximum atomic E-state index is 12.9. The van der Waals surface area contributed by atoms with Crippen molar-refractivity contribution in [2.45, 2.75) is 232 Å². The van der Waals surface area contributed by atoms with E-state index in [1.807, 2.05) is 0 Å². The maximum absolute atomic E-state index is 12.9. The molecule has 0 aliphatic heterocycles. The van der Waals surface area contributed by atoms with Crippen LogP contribution in [0.5, 0.6) is 0 Å². The molecule has 1 atom stereocenters. The third kappa shape index (κ3) is 57.8. The van der Waals surface area contributed by atoms with Gasteiger partial charge in [0, 0.05) is 19.3 Å². The van der Waals surface area contributed by atoms with E-state index in [9.17, 15) is 14.4 Å². The third-order valence-corrected chi connectivity index (χ3v) is 11.5. The summed E-state index contributed by atoms with van der Waals surface area (Å²) in [7, 11) is 0. The topological polar surface area (TPSA) is 78.9 Å². The standard InChI is InChI=1S/C67H104O6/c1-4-7-10-13-16-19-22-25-27-29-30-31-32-33-34-35-36-38-39-42-45-48-51-54-57-60-66(69)72-63-64(62-71-65(68)59-56-53-50-47-44-41-24-21-18-15-12-9-6-3)73-67(70)61-58-55-52-49-46-43-40-37-28-26-23-20-17-14-11-8-5-2/h7-12,16-21,25-28,30-31,33-34,36,38,40-41,43-44,64H,4-6,13-15,22-24,29,32,35,37,39,42,45-63H2,1-3H3/b10-7-,11-8-,12-9-,19-16-,20-17-,21-18-,27-25-,28-26-,31-30-,34-33-,38-36-,43-40-,44-41-. The van der Waals surface area contributed by atoms with Gasteiger partial charge in [-0.15, -0.1) is 0 Å². The SMILES string of the molecule is CC/C=C\C/C=C\C/C=C\C/C=C\C/C=C\C/C=C\CCCCCCCCC(=O)OCC(COC(=O)CCCCC/C=C\C/C=C\C/C=C\CC)OC(=O)CCCCCC/C=C\C/C=C\C/C=C\C/C=C\CC. The molecule has 0 aliphatic carbocycles. The van der Waals surface area contributed by atoms with E-state index in [-0.39, 0.29) is 37.5 Å². The highest BCUT2D eigenvalue weighted by molar-refractivity contribution is 5.71. The molecule has 0 aromatic heterocycles. The van der Waals surface area contributed by atoms with E-state index in [0.717, 1.165) is 173 Å². The summed E-state index contributed by atoms with van der Waals surface area (Å²) < 4.78 is 16.8. The molecule has 0 spiro atoms. The normalized spacial score (nSPS) is 13.3. The Morgan fingerprint density at radius 1 is 0.274 bits per heavy atom. The minimum Gasteiger partial charge on any atom is -0.462 e. The Morgan fingerprint density at radius 3 is 0.781 bits per heavy atom. The predicted molar refractivity (Wildman–Crippen MR) is 315 cm³/mol. The van der Waals surface area contributed by atoms with Gasteiger partial charge < -0.3 is 14.2 Å². The minimum absolute atomic E-state index is 0.113. The van der Waals surface area contributed by atoms with Crippen LogP contribution in [-0.4, -0.2) is 37.2 Å². The monoisotopic (exact) mass is 1000 g/mol. The Bertz CT molecular complexity index is 1670. The summed E-state index contributed by atoms with van der Waals surface area (Å²) in [6.07, 6.45) is 86.6. The average Bonchev–Trinajstić information content (AvgIpc) is 3.39. The molecule has 0 aliphatic rings. The lowest BCUT2D eigenvalue weighted by Gasteiger charge is -2.18. The Hall–Kier alpha value is -4.97. The zero-order chi connectivity index (χ0) is 52.9. The first-order valence-electron chi connectivity index (χ1n) is 29.0. The van der Waals surface area contributed by atoms with Crippen LogP contribution in [0.25, 0.3) is 0 Å². The Kier molecular flexibility index (Phi) is 55.5. The highest BCUT2D eigenvalue weighted by Gasteiger charge is 2.19. The lowest BCUT2D eigenvalue weighted by molar-refractivity contribution is -0.167. The quantitative estimate of drug-likeness (QED) is 0.0261. The van der Waals surface area contributed by atoms with E-state index in [2.05, 4.69) is 179 Å². The molecule has 6 heteroatoms. The van der Waals surface area contributed by atoms with Crippen LogP contribution in [0, 0.1) is 0 Å². The zero-order valence-corrected chi connectivity index (χ0v) is 46.6. The van der Waals surface area contributed by atoms with Crippen LogP contribution in [0.3, 0.4) is 0 Å². The molecule has 0 bridgehead atoms. The highest BCUT2D eigenvalue weighted by atomic mass is 16.6. The molecule has 1 unspecified atom stereocenters. The number of esters is 3. The second kappa shape index (κ2) is 59.6. The molecular weight excluding hydrogens is 901 g/mol. The number of unbranched alkanes of at least 4 members (excludes halogenated alkanes) is 13. The van der Waals surface area contributed by atoms with Crippen molar-refractivity contribution in [3.8, 4) is 0 Å². The number of hydrogen-bond donors (Lipinski definition) is 0. The third-order valence-electron chi connectivity index (χ3n) is 11.5. The molecule has 0 radical (unpaired) electrons. The van der Waals surface area contributed by atoms with Crippen molar-refractivity contribution in [3.63, 3.8) is 0 Å². The summed E-state index contributed by atoms with van der Waals surface area (Å²) in [5.74, 6) is -0.989. The summed E-state index contributed by atoms with van der Waals surface area (Å²) in [4.78, 5) is 38.2. The molecule has 408 valence electrons. The Balaban J connectivity index is 4.47. The van der Waals surface area contributed by atoms with Crippen LogP contribution in [0.4, 0.5) is 0 Å². The van der Waals surface area contributed by atoms with Crippen molar-refractivity contribution in [1.29, 1.82) is 0 Å². The van der Waals surface area contributed by atoms with Crippen LogP contribution >= 0.6 is 0 Å². The number of hydrogen-bond acceptors (Lipinski definition) is 6. The fourth-order valence-electron chi connectivity index (χ4n) is 7.27. The van der Waals surface area contributed by atoms with Crippen molar-refractivity contribution in [1.82, 2.24) is 0 Å². The largest absolute Gasteiger partial charge is 0.462 e. The van der Waals surface area contributed by atoms with Gasteiger partial charge in [-0.25, -0.2) is 0 Å². The van der Waals surface area contributed by atoms with Crippen LogP contribution < -0.4 is 0 Å². The molecule has 0 amide bonds. The van der Waals surface area contributed by atoms with Gasteiger partial charge in [-0.05, 0) is 141 Å². The predicted octanol–water partition coefficient (Wildman–Crippen LogP) is 19.8. The summed E-state index contributed by atoms with van der Waals surface area (Å²) in [6, 6.07) is 0. The van der Waals surface area contributed by atoms with Gasteiger partial charge in [0.1, 0.15) is 13.2 Å². The van der Waals surface area contributed by atoms with Gasteiger partial charge in [0.2, 0.25) is 0 Å². The van der Waals surface area contributed by atoms with Crippen molar-refractivity contribution < 1.29 is 28.6 Å². The van der Waals surface area contributed by atoms with Crippen LogP contribution in [0.2, 0.25) is 0 Å². The fourth-order valence-corrected chi connectivity index (χ4v) is 7.27. The van der Waals surface area contributed by atoms with Crippen molar-refractivity contribution in [2.75, 3.05) is 13.2 Å². The first-order valence-corrected chi connectivity index (χ1v) is 29.0. The van der Waals surface area contributed by atoms with Crippen molar-refractivity contribution in [3.05, 3.63) is 158 Å². The highest BCUT2D eigenvalue weighted by Crippen LogP contribution is 2.13. The second-order valence-electron chi connectivity index (χ2n) is 18.4. The molecule has 0 aromatic carbocycles. The molecule has 0 saturated heterocycles. The summed E-state index contributed by atoms with van der Waals surface area (Å²) in [6.45, 7) is 6.22. The molecule has 0 fully saturated rings. The maximum Gasteiger partial charge on any atom is 0.306 e. The Labute approximate surface area is 448 Å². The molecule has 0 rings (SSSR count). The zero-order valence-electron chi connectivity index (χ0n) is 46.6. The molecule has 6 nitrogen and oxygen atoms in total. The Morgan fingerprint density at radius 2 is 0.493 bits per heavy atom. The van der Waals surface area contributed by atoms with Gasteiger partial charge in [0.25, 0.3) is 0 Å². The average molecular weight is 1010 g/mol. The first-order chi connectivity index (χ1) is 36.0.